The van der Waals surface area contributed by atoms with Gasteiger partial charge in [-0.05, 0) is 43.0 Å². The molecule has 3 nitrogen and oxygen atoms in total. The van der Waals surface area contributed by atoms with Crippen LogP contribution in [0.2, 0.25) is 5.02 Å². The first-order chi connectivity index (χ1) is 13.7. The topological polar surface area (TPSA) is 30.5 Å². The molecule has 0 aromatic heterocycles. The number of ether oxygens (including phenoxy) is 2. The lowest BCUT2D eigenvalue weighted by atomic mass is 9.96. The van der Waals surface area contributed by atoms with Gasteiger partial charge in [0.2, 0.25) is 0 Å². The molecule has 0 spiro atoms. The second-order valence-corrected chi connectivity index (χ2v) is 8.22. The number of aryl methyl sites for hydroxylation is 1. The summed E-state index contributed by atoms with van der Waals surface area (Å²) in [6.45, 7) is 3.35. The molecule has 1 aliphatic carbocycles. The number of benzene rings is 2. The molecule has 0 bridgehead atoms. The van der Waals surface area contributed by atoms with Gasteiger partial charge < -0.3 is 14.8 Å². The Morgan fingerprint density at radius 1 is 1.00 bits per heavy atom. The summed E-state index contributed by atoms with van der Waals surface area (Å²) < 4.78 is 11.6. The van der Waals surface area contributed by atoms with Crippen molar-refractivity contribution >= 4 is 11.6 Å². The zero-order valence-corrected chi connectivity index (χ0v) is 17.9. The number of methoxy groups -OCH3 is 1. The van der Waals surface area contributed by atoms with Gasteiger partial charge in [0.1, 0.15) is 6.61 Å². The van der Waals surface area contributed by atoms with Gasteiger partial charge in [-0.1, -0.05) is 73.5 Å². The summed E-state index contributed by atoms with van der Waals surface area (Å²) in [4.78, 5) is 0. The fourth-order valence-corrected chi connectivity index (χ4v) is 4.18. The Labute approximate surface area is 174 Å². The van der Waals surface area contributed by atoms with Gasteiger partial charge in [-0.3, -0.25) is 0 Å². The van der Waals surface area contributed by atoms with Crippen LogP contribution in [0.1, 0.15) is 61.6 Å². The highest BCUT2D eigenvalue weighted by Crippen LogP contribution is 2.37. The van der Waals surface area contributed by atoms with E-state index in [0.29, 0.717) is 29.2 Å². The smallest absolute Gasteiger partial charge is 0.180 e. The van der Waals surface area contributed by atoms with E-state index in [1.54, 1.807) is 7.11 Å². The highest BCUT2D eigenvalue weighted by Gasteiger charge is 2.15. The molecule has 0 atom stereocenters. The summed E-state index contributed by atoms with van der Waals surface area (Å²) in [5.74, 6) is 1.30. The van der Waals surface area contributed by atoms with Crippen molar-refractivity contribution in [2.24, 2.45) is 0 Å². The van der Waals surface area contributed by atoms with Gasteiger partial charge >= 0.3 is 0 Å². The maximum atomic E-state index is 6.55. The maximum absolute atomic E-state index is 6.55. The van der Waals surface area contributed by atoms with E-state index in [4.69, 9.17) is 21.1 Å². The minimum absolute atomic E-state index is 0.470. The van der Waals surface area contributed by atoms with Crippen LogP contribution in [0.5, 0.6) is 11.5 Å². The van der Waals surface area contributed by atoms with Crippen LogP contribution in [0, 0.1) is 6.92 Å². The number of hydrogen-bond donors (Lipinski definition) is 1. The fraction of sp³-hybridized carbons (Fsp3) is 0.500. The first-order valence-electron chi connectivity index (χ1n) is 10.4. The van der Waals surface area contributed by atoms with Gasteiger partial charge in [0.05, 0.1) is 12.1 Å². The quantitative estimate of drug-likeness (QED) is 0.579. The van der Waals surface area contributed by atoms with E-state index in [0.717, 1.165) is 17.7 Å². The van der Waals surface area contributed by atoms with E-state index in [9.17, 15) is 0 Å². The molecule has 0 unspecified atom stereocenters. The van der Waals surface area contributed by atoms with E-state index < -0.39 is 0 Å². The third-order valence-corrected chi connectivity index (χ3v) is 5.74. The molecule has 1 aliphatic rings. The zero-order chi connectivity index (χ0) is 19.8. The van der Waals surface area contributed by atoms with Crippen molar-refractivity contribution in [2.75, 3.05) is 7.11 Å². The summed E-state index contributed by atoms with van der Waals surface area (Å²) >= 11 is 6.55. The molecule has 4 heteroatoms. The molecule has 0 heterocycles. The Kier molecular flexibility index (Phi) is 8.05. The molecule has 0 aliphatic heterocycles. The van der Waals surface area contributed by atoms with E-state index in [-0.39, 0.29) is 0 Å². The predicted octanol–water partition coefficient (Wildman–Crippen LogP) is 6.44. The summed E-state index contributed by atoms with van der Waals surface area (Å²) in [7, 11) is 1.66. The lowest BCUT2D eigenvalue weighted by Crippen LogP contribution is -2.29. The van der Waals surface area contributed by atoms with Crippen LogP contribution in [-0.4, -0.2) is 13.2 Å². The molecule has 3 rings (SSSR count). The van der Waals surface area contributed by atoms with E-state index in [1.165, 1.54) is 50.5 Å². The molecular weight excluding hydrogens is 370 g/mol. The van der Waals surface area contributed by atoms with Crippen molar-refractivity contribution < 1.29 is 9.47 Å². The van der Waals surface area contributed by atoms with Crippen molar-refractivity contribution in [1.29, 1.82) is 0 Å². The minimum atomic E-state index is 0.470. The van der Waals surface area contributed by atoms with Crippen LogP contribution in [0.3, 0.4) is 0 Å². The monoisotopic (exact) mass is 401 g/mol. The zero-order valence-electron chi connectivity index (χ0n) is 17.1. The molecule has 1 fully saturated rings. The standard InChI is InChI=1S/C24H32ClNO2/c1-18-9-8-10-19(13-18)17-28-24-22(25)14-20(15-23(24)27-2)16-26-21-11-6-4-3-5-7-12-21/h8-10,13-15,21,26H,3-7,11-12,16-17H2,1-2H3. The second kappa shape index (κ2) is 10.7. The Morgan fingerprint density at radius 3 is 2.46 bits per heavy atom. The molecular formula is C24H32ClNO2. The first kappa shape index (κ1) is 21.0. The van der Waals surface area contributed by atoms with Gasteiger partial charge in [-0.15, -0.1) is 0 Å². The van der Waals surface area contributed by atoms with Crippen molar-refractivity contribution in [3.63, 3.8) is 0 Å². The van der Waals surface area contributed by atoms with Crippen molar-refractivity contribution in [3.05, 3.63) is 58.1 Å². The Balaban J connectivity index is 1.63. The Hall–Kier alpha value is -1.71. The van der Waals surface area contributed by atoms with E-state index in [1.807, 2.05) is 18.2 Å². The largest absolute Gasteiger partial charge is 0.493 e. The molecule has 2 aromatic rings. The van der Waals surface area contributed by atoms with Gasteiger partial charge in [0.15, 0.2) is 11.5 Å². The van der Waals surface area contributed by atoms with Crippen LogP contribution >= 0.6 is 11.6 Å². The number of hydrogen-bond acceptors (Lipinski definition) is 3. The van der Waals surface area contributed by atoms with E-state index >= 15 is 0 Å². The lowest BCUT2D eigenvalue weighted by molar-refractivity contribution is 0.284. The van der Waals surface area contributed by atoms with E-state index in [2.05, 4.69) is 30.4 Å². The highest BCUT2D eigenvalue weighted by atomic mass is 35.5. The minimum Gasteiger partial charge on any atom is -0.493 e. The van der Waals surface area contributed by atoms with Gasteiger partial charge in [-0.2, -0.15) is 0 Å². The van der Waals surface area contributed by atoms with Gasteiger partial charge in [0, 0.05) is 12.6 Å². The van der Waals surface area contributed by atoms with Crippen molar-refractivity contribution in [1.82, 2.24) is 5.32 Å². The fourth-order valence-electron chi connectivity index (χ4n) is 3.90. The summed E-state index contributed by atoms with van der Waals surface area (Å²) in [5.41, 5.74) is 3.47. The average molecular weight is 402 g/mol. The average Bonchev–Trinajstić information content (AvgIpc) is 2.66. The van der Waals surface area contributed by atoms with Crippen molar-refractivity contribution in [3.8, 4) is 11.5 Å². The molecule has 2 aromatic carbocycles. The lowest BCUT2D eigenvalue weighted by Gasteiger charge is -2.21. The SMILES string of the molecule is COc1cc(CNC2CCCCCCC2)cc(Cl)c1OCc1cccc(C)c1. The maximum Gasteiger partial charge on any atom is 0.180 e. The van der Waals surface area contributed by atoms with Crippen LogP contribution < -0.4 is 14.8 Å². The number of nitrogens with one attached hydrogen (secondary N) is 1. The molecule has 1 N–H and O–H groups in total. The molecule has 152 valence electrons. The molecule has 0 radical (unpaired) electrons. The normalized spacial score (nSPS) is 15.7. The number of halogens is 1. The van der Waals surface area contributed by atoms with Crippen LogP contribution in [0.25, 0.3) is 0 Å². The molecule has 0 amide bonds. The summed E-state index contributed by atoms with van der Waals surface area (Å²) in [5, 5.41) is 4.31. The first-order valence-corrected chi connectivity index (χ1v) is 10.8. The Morgan fingerprint density at radius 2 is 1.75 bits per heavy atom. The van der Waals surface area contributed by atoms with Gasteiger partial charge in [-0.25, -0.2) is 0 Å². The predicted molar refractivity (Wildman–Crippen MR) is 116 cm³/mol. The van der Waals surface area contributed by atoms with Crippen LogP contribution in [0.4, 0.5) is 0 Å². The van der Waals surface area contributed by atoms with Crippen molar-refractivity contribution in [2.45, 2.75) is 71.1 Å². The Bertz CT molecular complexity index is 754. The summed E-state index contributed by atoms with van der Waals surface area (Å²) in [6.07, 6.45) is 9.31. The molecule has 28 heavy (non-hydrogen) atoms. The third kappa shape index (κ3) is 6.15. The third-order valence-electron chi connectivity index (χ3n) is 5.45. The van der Waals surface area contributed by atoms with Crippen LogP contribution in [0.15, 0.2) is 36.4 Å². The van der Waals surface area contributed by atoms with Gasteiger partial charge in [0.25, 0.3) is 0 Å². The van der Waals surface area contributed by atoms with Crippen LogP contribution in [-0.2, 0) is 13.2 Å². The number of rotatable bonds is 7. The molecule has 0 saturated heterocycles. The summed E-state index contributed by atoms with van der Waals surface area (Å²) in [6, 6.07) is 12.9. The second-order valence-electron chi connectivity index (χ2n) is 7.81. The highest BCUT2D eigenvalue weighted by molar-refractivity contribution is 6.32. The molecule has 1 saturated carbocycles.